The number of hydrogen-bond donors (Lipinski definition) is 2. The minimum atomic E-state index is -1.42. The number of aliphatic hydroxyl groups is 1. The van der Waals surface area contributed by atoms with Gasteiger partial charge in [0.25, 0.3) is 0 Å². The number of anilines is 1. The lowest BCUT2D eigenvalue weighted by atomic mass is 9.77. The molecule has 30 heavy (non-hydrogen) atoms. The molecule has 2 saturated heterocycles. The summed E-state index contributed by atoms with van der Waals surface area (Å²) in [6, 6.07) is 0. The van der Waals surface area contributed by atoms with E-state index in [1.165, 1.54) is 4.90 Å². The van der Waals surface area contributed by atoms with Crippen molar-refractivity contribution in [2.75, 3.05) is 31.1 Å². The van der Waals surface area contributed by atoms with Crippen LogP contribution in [0.4, 0.5) is 10.5 Å². The Kier molecular flexibility index (Phi) is 6.62. The van der Waals surface area contributed by atoms with Gasteiger partial charge >= 0.3 is 12.1 Å². The molecule has 2 aliphatic heterocycles. The number of ether oxygens (including phenoxy) is 1. The predicted octanol–water partition coefficient (Wildman–Crippen LogP) is 3.42. The average molecular weight is 484 g/mol. The Hall–Kier alpha value is -1.87. The first-order valence-electron chi connectivity index (χ1n) is 10.3. The molecule has 1 unspecified atom stereocenters. The zero-order chi connectivity index (χ0) is 22.2. The van der Waals surface area contributed by atoms with Gasteiger partial charge < -0.3 is 24.7 Å². The van der Waals surface area contributed by atoms with Crippen LogP contribution in [-0.4, -0.2) is 64.4 Å². The lowest BCUT2D eigenvalue weighted by Gasteiger charge is -2.41. The van der Waals surface area contributed by atoms with Crippen LogP contribution in [0.3, 0.4) is 0 Å². The van der Waals surface area contributed by atoms with Gasteiger partial charge in [0.2, 0.25) is 0 Å². The molecular formula is C21H30BrN3O5. The molecule has 1 aromatic heterocycles. The number of esters is 1. The second kappa shape index (κ2) is 8.70. The highest BCUT2D eigenvalue weighted by Gasteiger charge is 2.43. The van der Waals surface area contributed by atoms with E-state index in [1.54, 1.807) is 20.8 Å². The fourth-order valence-electron chi connectivity index (χ4n) is 4.58. The van der Waals surface area contributed by atoms with E-state index in [0.717, 1.165) is 35.1 Å². The molecule has 2 aliphatic rings. The summed E-state index contributed by atoms with van der Waals surface area (Å²) in [5.41, 5.74) is 2.63. The van der Waals surface area contributed by atoms with Gasteiger partial charge in [0.1, 0.15) is 0 Å². The molecule has 3 rings (SSSR count). The highest BCUT2D eigenvalue weighted by Crippen LogP contribution is 2.45. The van der Waals surface area contributed by atoms with Crippen molar-refractivity contribution in [2.45, 2.75) is 59.2 Å². The van der Waals surface area contributed by atoms with Crippen LogP contribution in [0.1, 0.15) is 56.2 Å². The fraction of sp³-hybridized carbons (Fsp3) is 0.667. The zero-order valence-electron chi connectivity index (χ0n) is 17.9. The lowest BCUT2D eigenvalue weighted by Crippen LogP contribution is -2.43. The van der Waals surface area contributed by atoms with Crippen LogP contribution < -0.4 is 4.90 Å². The van der Waals surface area contributed by atoms with Crippen molar-refractivity contribution in [3.05, 3.63) is 21.4 Å². The summed E-state index contributed by atoms with van der Waals surface area (Å²) in [6.45, 7) is 9.75. The summed E-state index contributed by atoms with van der Waals surface area (Å²) in [6.07, 6.45) is -0.0141. The number of rotatable bonds is 4. The average Bonchev–Trinajstić information content (AvgIpc) is 3.08. The lowest BCUT2D eigenvalue weighted by molar-refractivity contribution is -0.157. The zero-order valence-corrected chi connectivity index (χ0v) is 19.5. The van der Waals surface area contributed by atoms with Crippen LogP contribution in [0.5, 0.6) is 0 Å². The molecule has 166 valence electrons. The first-order chi connectivity index (χ1) is 14.0. The van der Waals surface area contributed by atoms with Crippen LogP contribution in [-0.2, 0) is 9.53 Å². The predicted molar refractivity (Wildman–Crippen MR) is 116 cm³/mol. The minimum Gasteiger partial charge on any atom is -0.465 e. The Balaban J connectivity index is 1.87. The van der Waals surface area contributed by atoms with Gasteiger partial charge in [-0.15, -0.1) is 0 Å². The number of likely N-dealkylation sites (tertiary alicyclic amines) is 1. The van der Waals surface area contributed by atoms with E-state index in [1.807, 2.05) is 6.92 Å². The van der Waals surface area contributed by atoms with Gasteiger partial charge in [0.15, 0.2) is 6.10 Å². The highest BCUT2D eigenvalue weighted by molar-refractivity contribution is 9.10. The Morgan fingerprint density at radius 1 is 1.13 bits per heavy atom. The first-order valence-corrected chi connectivity index (χ1v) is 11.1. The number of carbonyl (C=O) groups excluding carboxylic acids is 1. The van der Waals surface area contributed by atoms with Crippen molar-refractivity contribution in [1.82, 2.24) is 9.88 Å². The Morgan fingerprint density at radius 3 is 2.27 bits per heavy atom. The standard InChI is InChI=1S/C21H30BrN3O5/c1-12(2)30-19(27)18(26)15-13(3)23-14(4)16(22)17(15)24-8-5-21(6-9-24)7-10-25(11-21)20(28)29/h12,18,26H,5-11H2,1-4H3,(H,28,29). The molecule has 0 radical (unpaired) electrons. The van der Waals surface area contributed by atoms with E-state index in [4.69, 9.17) is 4.74 Å². The number of amides is 1. The monoisotopic (exact) mass is 483 g/mol. The molecular weight excluding hydrogens is 454 g/mol. The van der Waals surface area contributed by atoms with Crippen molar-refractivity contribution < 1.29 is 24.5 Å². The summed E-state index contributed by atoms with van der Waals surface area (Å²) in [5.74, 6) is -0.687. The Labute approximate surface area is 185 Å². The number of piperidine rings is 1. The van der Waals surface area contributed by atoms with Crippen LogP contribution in [0.15, 0.2) is 4.47 Å². The number of aromatic nitrogens is 1. The number of carboxylic acid groups (broad SMARTS) is 1. The molecule has 3 heterocycles. The van der Waals surface area contributed by atoms with Crippen molar-refractivity contribution in [2.24, 2.45) is 5.41 Å². The van der Waals surface area contributed by atoms with E-state index in [-0.39, 0.29) is 11.5 Å². The summed E-state index contributed by atoms with van der Waals surface area (Å²) in [7, 11) is 0. The molecule has 9 heteroatoms. The normalized spacial score (nSPS) is 19.4. The van der Waals surface area contributed by atoms with Crippen molar-refractivity contribution in [3.63, 3.8) is 0 Å². The van der Waals surface area contributed by atoms with E-state index >= 15 is 0 Å². The SMILES string of the molecule is Cc1nc(C)c(C(O)C(=O)OC(C)C)c(N2CCC3(CCN(C(=O)O)C3)CC2)c1Br. The molecule has 1 aromatic rings. The molecule has 1 amide bonds. The maximum Gasteiger partial charge on any atom is 0.407 e. The van der Waals surface area contributed by atoms with Gasteiger partial charge in [0.05, 0.1) is 22.0 Å². The third-order valence-electron chi connectivity index (χ3n) is 6.20. The number of hydrogen-bond acceptors (Lipinski definition) is 6. The maximum absolute atomic E-state index is 12.4. The third kappa shape index (κ3) is 4.42. The quantitative estimate of drug-likeness (QED) is 0.632. The second-order valence-electron chi connectivity index (χ2n) is 8.69. The van der Waals surface area contributed by atoms with Crippen LogP contribution in [0, 0.1) is 19.3 Å². The Morgan fingerprint density at radius 2 is 1.73 bits per heavy atom. The number of nitrogens with zero attached hydrogens (tertiary/aromatic N) is 3. The molecule has 0 aromatic carbocycles. The van der Waals surface area contributed by atoms with Crippen LogP contribution in [0.2, 0.25) is 0 Å². The molecule has 2 N–H and O–H groups in total. The number of pyridine rings is 1. The first kappa shape index (κ1) is 22.8. The molecule has 1 spiro atoms. The molecule has 8 nitrogen and oxygen atoms in total. The number of aryl methyl sites for hydroxylation is 2. The van der Waals surface area contributed by atoms with Gasteiger partial charge in [-0.3, -0.25) is 4.98 Å². The number of carbonyl (C=O) groups is 2. The maximum atomic E-state index is 12.4. The minimum absolute atomic E-state index is 0.00778. The fourth-order valence-corrected chi connectivity index (χ4v) is 5.14. The topological polar surface area (TPSA) is 103 Å². The molecule has 0 saturated carbocycles. The van der Waals surface area contributed by atoms with Crippen LogP contribution in [0.25, 0.3) is 0 Å². The van der Waals surface area contributed by atoms with Gasteiger partial charge in [-0.2, -0.15) is 0 Å². The van der Waals surface area contributed by atoms with Gasteiger partial charge in [-0.1, -0.05) is 0 Å². The number of halogens is 1. The summed E-state index contributed by atoms with van der Waals surface area (Å²) in [4.78, 5) is 31.9. The third-order valence-corrected chi connectivity index (χ3v) is 7.15. The van der Waals surface area contributed by atoms with Crippen LogP contribution >= 0.6 is 15.9 Å². The van der Waals surface area contributed by atoms with Crippen molar-refractivity contribution in [3.8, 4) is 0 Å². The van der Waals surface area contributed by atoms with Crippen molar-refractivity contribution >= 4 is 33.7 Å². The van der Waals surface area contributed by atoms with Gasteiger partial charge in [-0.25, -0.2) is 9.59 Å². The van der Waals surface area contributed by atoms with E-state index < -0.39 is 18.2 Å². The van der Waals surface area contributed by atoms with E-state index in [9.17, 15) is 19.8 Å². The summed E-state index contributed by atoms with van der Waals surface area (Å²) >= 11 is 3.62. The van der Waals surface area contributed by atoms with Crippen molar-refractivity contribution in [1.29, 1.82) is 0 Å². The summed E-state index contributed by atoms with van der Waals surface area (Å²) < 4.78 is 5.99. The van der Waals surface area contributed by atoms with Gasteiger partial charge in [-0.05, 0) is 68.3 Å². The second-order valence-corrected chi connectivity index (χ2v) is 9.48. The summed E-state index contributed by atoms with van der Waals surface area (Å²) in [5, 5.41) is 20.1. The van der Waals surface area contributed by atoms with E-state index in [2.05, 4.69) is 25.8 Å². The highest BCUT2D eigenvalue weighted by atomic mass is 79.9. The molecule has 0 bridgehead atoms. The largest absolute Gasteiger partial charge is 0.465 e. The van der Waals surface area contributed by atoms with Gasteiger partial charge in [0, 0.05) is 37.4 Å². The molecule has 2 fully saturated rings. The molecule has 1 atom stereocenters. The van der Waals surface area contributed by atoms with E-state index in [0.29, 0.717) is 37.4 Å². The smallest absolute Gasteiger partial charge is 0.407 e. The number of aliphatic hydroxyl groups excluding tert-OH is 1. The molecule has 0 aliphatic carbocycles. The Bertz CT molecular complexity index is 836.